The molecule has 2 aliphatic heterocycles. The van der Waals surface area contributed by atoms with Crippen LogP contribution < -0.4 is 0 Å². The van der Waals surface area contributed by atoms with E-state index in [-0.39, 0.29) is 28.8 Å². The second kappa shape index (κ2) is 5.28. The molecule has 2 heterocycles. The highest BCUT2D eigenvalue weighted by atomic mass is 32.2. The number of rotatable bonds is 4. The Morgan fingerprint density at radius 3 is 2.65 bits per heavy atom. The number of unbranched alkanes of at least 4 members (excludes halogenated alkanes) is 1. The van der Waals surface area contributed by atoms with E-state index < -0.39 is 9.84 Å². The van der Waals surface area contributed by atoms with Crippen molar-refractivity contribution in [2.24, 2.45) is 11.3 Å². The number of hydrogen-bond donors (Lipinski definition) is 0. The van der Waals surface area contributed by atoms with Gasteiger partial charge in [0.05, 0.1) is 23.2 Å². The molecule has 3 fully saturated rings. The third-order valence-electron chi connectivity index (χ3n) is 5.99. The number of fused-ring (bicyclic) bond motifs is 3. The quantitative estimate of drug-likeness (QED) is 0.748. The van der Waals surface area contributed by atoms with Crippen molar-refractivity contribution < 1.29 is 13.2 Å². The van der Waals surface area contributed by atoms with Crippen molar-refractivity contribution in [3.8, 4) is 0 Å². The van der Waals surface area contributed by atoms with Gasteiger partial charge >= 0.3 is 0 Å². The summed E-state index contributed by atoms with van der Waals surface area (Å²) in [6, 6.07) is 0. The molecule has 1 saturated carbocycles. The largest absolute Gasteiger partial charge is 0.369 e. The lowest BCUT2D eigenvalue weighted by atomic mass is 9.74. The van der Waals surface area contributed by atoms with Crippen LogP contribution in [0.5, 0.6) is 0 Å². The van der Waals surface area contributed by atoms with E-state index in [1.165, 1.54) is 6.42 Å². The molecule has 2 saturated heterocycles. The maximum absolute atomic E-state index is 12.9. The zero-order valence-electron chi connectivity index (χ0n) is 12.8. The average molecular weight is 300 g/mol. The van der Waals surface area contributed by atoms with E-state index in [9.17, 15) is 8.42 Å². The van der Waals surface area contributed by atoms with Gasteiger partial charge in [-0.3, -0.25) is 0 Å². The van der Waals surface area contributed by atoms with Crippen LogP contribution in [0, 0.1) is 11.3 Å². The Balaban J connectivity index is 1.92. The van der Waals surface area contributed by atoms with Crippen molar-refractivity contribution in [2.45, 2.75) is 82.7 Å². The molecule has 0 aromatic heterocycles. The highest BCUT2D eigenvalue weighted by Crippen LogP contribution is 2.55. The SMILES string of the molecule is CCCC[C@]1(CC)CS(=O)(=O)C2CCCCC2[C@H]2OC21. The second-order valence-electron chi connectivity index (χ2n) is 7.13. The van der Waals surface area contributed by atoms with Gasteiger partial charge in [-0.2, -0.15) is 0 Å². The van der Waals surface area contributed by atoms with Crippen LogP contribution in [0.2, 0.25) is 0 Å². The molecule has 1 aliphatic carbocycles. The molecule has 3 aliphatic rings. The molecule has 4 heteroatoms. The van der Waals surface area contributed by atoms with Crippen LogP contribution in [0.1, 0.15) is 65.2 Å². The van der Waals surface area contributed by atoms with Crippen molar-refractivity contribution >= 4 is 9.84 Å². The Kier molecular flexibility index (Phi) is 3.91. The molecule has 0 spiro atoms. The molecular formula is C16H28O3S. The molecule has 20 heavy (non-hydrogen) atoms. The lowest BCUT2D eigenvalue weighted by Crippen LogP contribution is -2.39. The van der Waals surface area contributed by atoms with Crippen LogP contribution in [0.15, 0.2) is 0 Å². The van der Waals surface area contributed by atoms with Crippen LogP contribution in [-0.4, -0.2) is 31.6 Å². The molecule has 0 aromatic carbocycles. The van der Waals surface area contributed by atoms with Crippen LogP contribution in [-0.2, 0) is 14.6 Å². The molecule has 0 amide bonds. The summed E-state index contributed by atoms with van der Waals surface area (Å²) in [4.78, 5) is 0. The van der Waals surface area contributed by atoms with E-state index >= 15 is 0 Å². The molecule has 0 aromatic rings. The average Bonchev–Trinajstić information content (AvgIpc) is 3.24. The molecule has 0 bridgehead atoms. The lowest BCUT2D eigenvalue weighted by Gasteiger charge is -2.32. The third kappa shape index (κ3) is 2.33. The summed E-state index contributed by atoms with van der Waals surface area (Å²) in [5.74, 6) is 0.660. The zero-order chi connectivity index (χ0) is 14.4. The minimum Gasteiger partial charge on any atom is -0.369 e. The summed E-state index contributed by atoms with van der Waals surface area (Å²) in [7, 11) is -2.95. The van der Waals surface area contributed by atoms with E-state index in [1.807, 2.05) is 0 Å². The Bertz CT molecular complexity index is 458. The van der Waals surface area contributed by atoms with Crippen LogP contribution in [0.25, 0.3) is 0 Å². The molecule has 3 nitrogen and oxygen atoms in total. The third-order valence-corrected chi connectivity index (χ3v) is 8.47. The molecule has 3 rings (SSSR count). The lowest BCUT2D eigenvalue weighted by molar-refractivity contribution is 0.185. The molecular weight excluding hydrogens is 272 g/mol. The van der Waals surface area contributed by atoms with Crippen molar-refractivity contribution in [3.05, 3.63) is 0 Å². The highest BCUT2D eigenvalue weighted by molar-refractivity contribution is 7.92. The second-order valence-corrected chi connectivity index (χ2v) is 9.35. The van der Waals surface area contributed by atoms with Crippen molar-refractivity contribution in [2.75, 3.05) is 5.75 Å². The van der Waals surface area contributed by atoms with Gasteiger partial charge in [-0.1, -0.05) is 39.5 Å². The first-order valence-corrected chi connectivity index (χ1v) is 10.1. The molecule has 116 valence electrons. The standard InChI is InChI=1S/C16H28O3S/c1-3-5-10-16(4-2)11-20(17,18)13-9-7-6-8-12(13)14-15(16)19-14/h12-15H,3-11H2,1-2H3/t12?,13?,14-,15?,16-/m1/s1. The first-order chi connectivity index (χ1) is 9.54. The number of ether oxygens (including phenoxy) is 1. The Hall–Kier alpha value is -0.0900. The van der Waals surface area contributed by atoms with E-state index in [0.29, 0.717) is 5.75 Å². The van der Waals surface area contributed by atoms with Crippen LogP contribution >= 0.6 is 0 Å². The topological polar surface area (TPSA) is 46.7 Å². The summed E-state index contributed by atoms with van der Waals surface area (Å²) in [6.45, 7) is 4.33. The first kappa shape index (κ1) is 14.8. The van der Waals surface area contributed by atoms with Gasteiger partial charge in [0.1, 0.15) is 0 Å². The number of hydrogen-bond acceptors (Lipinski definition) is 3. The Morgan fingerprint density at radius 2 is 1.95 bits per heavy atom. The van der Waals surface area contributed by atoms with Crippen LogP contribution in [0.4, 0.5) is 0 Å². The fourth-order valence-electron chi connectivity index (χ4n) is 4.70. The Labute approximate surface area is 123 Å². The first-order valence-electron chi connectivity index (χ1n) is 8.41. The molecule has 0 N–H and O–H groups in total. The van der Waals surface area contributed by atoms with Gasteiger partial charge in [-0.25, -0.2) is 8.42 Å². The van der Waals surface area contributed by atoms with Crippen molar-refractivity contribution in [3.63, 3.8) is 0 Å². The highest BCUT2D eigenvalue weighted by Gasteiger charge is 2.63. The normalized spacial score (nSPS) is 46.1. The van der Waals surface area contributed by atoms with Gasteiger partial charge in [0.25, 0.3) is 0 Å². The molecule has 5 atom stereocenters. The van der Waals surface area contributed by atoms with E-state index in [2.05, 4.69) is 13.8 Å². The summed E-state index contributed by atoms with van der Waals surface area (Å²) >= 11 is 0. The summed E-state index contributed by atoms with van der Waals surface area (Å²) in [5, 5.41) is -0.110. The van der Waals surface area contributed by atoms with Gasteiger partial charge in [0.2, 0.25) is 0 Å². The fraction of sp³-hybridized carbons (Fsp3) is 1.00. The maximum atomic E-state index is 12.9. The Morgan fingerprint density at radius 1 is 1.20 bits per heavy atom. The van der Waals surface area contributed by atoms with Gasteiger partial charge in [0, 0.05) is 11.3 Å². The van der Waals surface area contributed by atoms with Gasteiger partial charge < -0.3 is 4.74 Å². The summed E-state index contributed by atoms with van der Waals surface area (Å²) in [5.41, 5.74) is -0.100. The van der Waals surface area contributed by atoms with Crippen molar-refractivity contribution in [1.82, 2.24) is 0 Å². The predicted octanol–water partition coefficient (Wildman–Crippen LogP) is 3.33. The zero-order valence-corrected chi connectivity index (χ0v) is 13.6. The number of epoxide rings is 1. The maximum Gasteiger partial charge on any atom is 0.154 e. The van der Waals surface area contributed by atoms with Crippen LogP contribution in [0.3, 0.4) is 0 Å². The van der Waals surface area contributed by atoms with E-state index in [4.69, 9.17) is 4.74 Å². The van der Waals surface area contributed by atoms with E-state index in [1.54, 1.807) is 0 Å². The van der Waals surface area contributed by atoms with Gasteiger partial charge in [0.15, 0.2) is 9.84 Å². The fourth-order valence-corrected chi connectivity index (χ4v) is 7.58. The van der Waals surface area contributed by atoms with Crippen molar-refractivity contribution in [1.29, 1.82) is 0 Å². The monoisotopic (exact) mass is 300 g/mol. The minimum atomic E-state index is -2.95. The predicted molar refractivity (Wildman–Crippen MR) is 80.4 cm³/mol. The molecule has 3 unspecified atom stereocenters. The number of sulfone groups is 1. The molecule has 0 radical (unpaired) electrons. The summed E-state index contributed by atoms with van der Waals surface area (Å²) < 4.78 is 31.8. The van der Waals surface area contributed by atoms with Gasteiger partial charge in [-0.15, -0.1) is 0 Å². The summed E-state index contributed by atoms with van der Waals surface area (Å²) in [6.07, 6.45) is 8.84. The van der Waals surface area contributed by atoms with Gasteiger partial charge in [-0.05, 0) is 25.7 Å². The smallest absolute Gasteiger partial charge is 0.154 e. The van der Waals surface area contributed by atoms with E-state index in [0.717, 1.165) is 44.9 Å². The minimum absolute atomic E-state index is 0.100.